The summed E-state index contributed by atoms with van der Waals surface area (Å²) in [6.07, 6.45) is -1.43. The van der Waals surface area contributed by atoms with E-state index >= 15 is 0 Å². The largest absolute Gasteiger partial charge is 1.00 e. The fourth-order valence-electron chi connectivity index (χ4n) is 0.0481. The number of rotatable bonds is 2. The minimum absolute atomic E-state index is 0. The van der Waals surface area contributed by atoms with Crippen LogP contribution in [0.4, 0.5) is 0 Å². The Kier molecular flexibility index (Phi) is 48.5. The van der Waals surface area contributed by atoms with Gasteiger partial charge in [0.25, 0.3) is 0 Å². The third-order valence-electron chi connectivity index (χ3n) is 0.372. The minimum atomic E-state index is -1.43. The molecule has 0 fully saturated rings. The van der Waals surface area contributed by atoms with Crippen LogP contribution in [0.3, 0.4) is 0 Å². The van der Waals surface area contributed by atoms with Crippen LogP contribution in [-0.2, 0) is 0 Å². The molecule has 0 saturated heterocycles. The first-order valence-corrected chi connectivity index (χ1v) is 1.63. The summed E-state index contributed by atoms with van der Waals surface area (Å²) >= 11 is 0. The molecule has 0 aliphatic rings. The van der Waals surface area contributed by atoms with E-state index in [0.717, 1.165) is 0 Å². The van der Waals surface area contributed by atoms with Crippen LogP contribution in [0.5, 0.6) is 0 Å². The van der Waals surface area contributed by atoms with Crippen LogP contribution in [0.2, 0.25) is 0 Å². The van der Waals surface area contributed by atoms with Gasteiger partial charge < -0.3 is 15.3 Å². The summed E-state index contributed by atoms with van der Waals surface area (Å²) in [5.74, 6) is 0. The molecule has 0 atom stereocenters. The maximum atomic E-state index is 9.64. The van der Waals surface area contributed by atoms with Gasteiger partial charge in [-0.1, -0.05) is 0 Å². The summed E-state index contributed by atoms with van der Waals surface area (Å²) in [6, 6.07) is 0. The third-order valence-corrected chi connectivity index (χ3v) is 0.372. The molecule has 0 N–H and O–H groups in total. The van der Waals surface area contributed by atoms with Gasteiger partial charge in [-0.25, -0.2) is 0 Å². The Balaban J connectivity index is -0.0000000417. The van der Waals surface area contributed by atoms with E-state index in [2.05, 4.69) is 0 Å². The van der Waals surface area contributed by atoms with Crippen LogP contribution in [-0.4, -0.2) is 19.3 Å². The molecule has 0 aliphatic carbocycles. The van der Waals surface area contributed by atoms with Gasteiger partial charge in [-0.15, -0.1) is 0 Å². The molecule has 38 valence electrons. The van der Waals surface area contributed by atoms with Crippen molar-refractivity contribution in [2.24, 2.45) is 0 Å². The average molecular weight is 206 g/mol. The maximum absolute atomic E-state index is 9.64. The Bertz CT molecular complexity index is 33.5. The van der Waals surface area contributed by atoms with Crippen molar-refractivity contribution in [2.75, 3.05) is 13.2 Å². The fraction of sp³-hybridized carbons (Fsp3) is 1.00. The second-order valence-corrected chi connectivity index (χ2v) is 0.955. The fourth-order valence-corrected chi connectivity index (χ4v) is 0.0481. The van der Waals surface area contributed by atoms with Crippen molar-refractivity contribution in [1.82, 2.24) is 0 Å². The van der Waals surface area contributed by atoms with Crippen LogP contribution in [0.15, 0.2) is 0 Å². The van der Waals surface area contributed by atoms with Crippen molar-refractivity contribution in [3.63, 3.8) is 0 Å². The first-order valence-electron chi connectivity index (χ1n) is 1.63. The van der Waals surface area contributed by atoms with E-state index in [9.17, 15) is 15.3 Å². The molecule has 0 aromatic rings. The van der Waals surface area contributed by atoms with E-state index in [1.807, 2.05) is 0 Å². The molecule has 0 unspecified atom stereocenters. The minimum Gasteiger partial charge on any atom is -0.855 e. The molecule has 0 aliphatic heterocycles. The van der Waals surface area contributed by atoms with E-state index in [4.69, 9.17) is 0 Å². The second-order valence-electron chi connectivity index (χ2n) is 0.955. The topological polar surface area (TPSA) is 69.2 Å². The molecule has 0 aromatic carbocycles. The first kappa shape index (κ1) is 23.5. The zero-order valence-electron chi connectivity index (χ0n) is 6.22. The Hall–Kier alpha value is 4.79. The van der Waals surface area contributed by atoms with Crippen molar-refractivity contribution in [3.8, 4) is 0 Å². The Labute approximate surface area is 183 Å². The summed E-state index contributed by atoms with van der Waals surface area (Å²) in [5, 5.41) is 28.3. The first-order chi connectivity index (χ1) is 2.81. The van der Waals surface area contributed by atoms with Gasteiger partial charge in [-0.2, -0.15) is 19.3 Å². The van der Waals surface area contributed by atoms with Gasteiger partial charge in [0.1, 0.15) is 0 Å². The number of hydrogen-bond acceptors (Lipinski definition) is 3. The van der Waals surface area contributed by atoms with Crippen LogP contribution < -0.4 is 169 Å². The zero-order valence-corrected chi connectivity index (χ0v) is 15.6. The summed E-state index contributed by atoms with van der Waals surface area (Å²) in [5.41, 5.74) is 0. The third kappa shape index (κ3) is 19.3. The van der Waals surface area contributed by atoms with Crippen LogP contribution >= 0.6 is 0 Å². The van der Waals surface area contributed by atoms with Crippen LogP contribution in [0, 0.1) is 0 Å². The van der Waals surface area contributed by atoms with Gasteiger partial charge in [0.15, 0.2) is 0 Å². The predicted molar refractivity (Wildman–Crippen MR) is 13.5 cm³/mol. The zero-order chi connectivity index (χ0) is 4.99. The quantitative estimate of drug-likeness (QED) is 0.421. The number of hydrogen-bond donors (Lipinski definition) is 0. The second kappa shape index (κ2) is 18.5. The standard InChI is InChI=1S/C3H5O3.3K/c4-1-3(6)2-5;;;/h3H,1-2H2;;;/q-3;3*+1. The molecule has 0 amide bonds. The predicted octanol–water partition coefficient (Wildman–Crippen LogP) is -12.6. The molecule has 0 heterocycles. The van der Waals surface area contributed by atoms with Gasteiger partial charge in [-0.3, -0.25) is 0 Å². The monoisotopic (exact) mass is 206 g/mol. The molecule has 0 saturated carbocycles. The smallest absolute Gasteiger partial charge is 0.855 e. The summed E-state index contributed by atoms with van der Waals surface area (Å²) < 4.78 is 0. The Morgan fingerprint density at radius 1 is 0.889 bits per heavy atom. The van der Waals surface area contributed by atoms with Crippen LogP contribution in [0.25, 0.3) is 0 Å². The van der Waals surface area contributed by atoms with E-state index < -0.39 is 19.3 Å². The normalized spacial score (nSPS) is 6.67. The van der Waals surface area contributed by atoms with Gasteiger partial charge in [0, 0.05) is 0 Å². The SMILES string of the molecule is [K+].[K+].[K+].[O-]CC([O-])C[O-]. The van der Waals surface area contributed by atoms with Gasteiger partial charge in [0.2, 0.25) is 0 Å². The molecular formula is C3H5K3O3. The molecule has 9 heavy (non-hydrogen) atoms. The Morgan fingerprint density at radius 3 is 1.11 bits per heavy atom. The molecule has 6 heteroatoms. The molecule has 0 rings (SSSR count). The summed E-state index contributed by atoms with van der Waals surface area (Å²) in [7, 11) is 0. The van der Waals surface area contributed by atoms with Gasteiger partial charge >= 0.3 is 154 Å². The van der Waals surface area contributed by atoms with Gasteiger partial charge in [-0.05, 0) is 0 Å². The average Bonchev–Trinajstić information content (AvgIpc) is 1.65. The van der Waals surface area contributed by atoms with E-state index in [1.165, 1.54) is 0 Å². The molecule has 0 radical (unpaired) electrons. The summed E-state index contributed by atoms with van der Waals surface area (Å²) in [4.78, 5) is 0. The van der Waals surface area contributed by atoms with Crippen LogP contribution in [0.1, 0.15) is 0 Å². The molecule has 0 bridgehead atoms. The van der Waals surface area contributed by atoms with Crippen molar-refractivity contribution >= 4 is 0 Å². The molecular weight excluding hydrogens is 201 g/mol. The molecule has 3 nitrogen and oxygen atoms in total. The van der Waals surface area contributed by atoms with Crippen molar-refractivity contribution in [2.45, 2.75) is 6.10 Å². The summed E-state index contributed by atoms with van der Waals surface area (Å²) in [6.45, 7) is -1.58. The molecule has 0 spiro atoms. The molecule has 0 aromatic heterocycles. The van der Waals surface area contributed by atoms with Crippen molar-refractivity contribution in [3.05, 3.63) is 0 Å². The van der Waals surface area contributed by atoms with E-state index in [1.54, 1.807) is 0 Å². The van der Waals surface area contributed by atoms with Crippen molar-refractivity contribution < 1.29 is 169 Å². The van der Waals surface area contributed by atoms with Gasteiger partial charge in [0.05, 0.1) is 0 Å². The van der Waals surface area contributed by atoms with E-state index in [0.29, 0.717) is 0 Å². The van der Waals surface area contributed by atoms with E-state index in [-0.39, 0.29) is 154 Å². The maximum Gasteiger partial charge on any atom is 1.00 e. The van der Waals surface area contributed by atoms with Crippen molar-refractivity contribution in [1.29, 1.82) is 0 Å². The Morgan fingerprint density at radius 2 is 1.11 bits per heavy atom.